The standard InChI is InChI=1S/C14H20ClN3O/c1-10(2)18-6-4-11(9-18)8-17-14(19)12-3-5-16-13(15)7-12/h3,5,7,10-11H,4,6,8-9H2,1-2H3,(H,17,19). The number of nitrogens with one attached hydrogen (secondary N) is 1. The Labute approximate surface area is 119 Å². The van der Waals surface area contributed by atoms with Crippen LogP contribution in [0.4, 0.5) is 0 Å². The Bertz CT molecular complexity index is 450. The second-order valence-electron chi connectivity index (χ2n) is 5.32. The van der Waals surface area contributed by atoms with Crippen molar-refractivity contribution in [2.45, 2.75) is 26.3 Å². The van der Waals surface area contributed by atoms with Crippen LogP contribution in [-0.4, -0.2) is 41.5 Å². The average molecular weight is 282 g/mol. The van der Waals surface area contributed by atoms with Gasteiger partial charge in [-0.15, -0.1) is 0 Å². The molecule has 0 aromatic carbocycles. The molecule has 0 spiro atoms. The van der Waals surface area contributed by atoms with Crippen LogP contribution in [0.25, 0.3) is 0 Å². The molecule has 19 heavy (non-hydrogen) atoms. The van der Waals surface area contributed by atoms with Gasteiger partial charge in [0.2, 0.25) is 0 Å². The third kappa shape index (κ3) is 3.91. The third-order valence-corrected chi connectivity index (χ3v) is 3.79. The summed E-state index contributed by atoms with van der Waals surface area (Å²) in [5, 5.41) is 3.32. The molecule has 104 valence electrons. The van der Waals surface area contributed by atoms with Crippen LogP contribution in [0.2, 0.25) is 5.15 Å². The van der Waals surface area contributed by atoms with E-state index in [9.17, 15) is 4.79 Å². The van der Waals surface area contributed by atoms with Crippen LogP contribution in [-0.2, 0) is 0 Å². The lowest BCUT2D eigenvalue weighted by molar-refractivity contribution is 0.0947. The van der Waals surface area contributed by atoms with Gasteiger partial charge in [-0.1, -0.05) is 11.6 Å². The molecule has 1 amide bonds. The Morgan fingerprint density at radius 3 is 3.05 bits per heavy atom. The van der Waals surface area contributed by atoms with Crippen molar-refractivity contribution in [1.29, 1.82) is 0 Å². The zero-order chi connectivity index (χ0) is 13.8. The molecule has 2 rings (SSSR count). The van der Waals surface area contributed by atoms with E-state index < -0.39 is 0 Å². The zero-order valence-electron chi connectivity index (χ0n) is 11.4. The Balaban J connectivity index is 1.82. The summed E-state index contributed by atoms with van der Waals surface area (Å²) in [5.41, 5.74) is 0.568. The second-order valence-corrected chi connectivity index (χ2v) is 5.71. The Hall–Kier alpha value is -1.13. The van der Waals surface area contributed by atoms with E-state index in [4.69, 9.17) is 11.6 Å². The molecule has 1 aromatic rings. The summed E-state index contributed by atoms with van der Waals surface area (Å²) in [5.74, 6) is 0.468. The lowest BCUT2D eigenvalue weighted by atomic mass is 10.1. The molecule has 0 aliphatic carbocycles. The molecule has 1 saturated heterocycles. The van der Waals surface area contributed by atoms with Crippen LogP contribution in [0.15, 0.2) is 18.3 Å². The molecule has 1 fully saturated rings. The maximum absolute atomic E-state index is 12.0. The number of hydrogen-bond acceptors (Lipinski definition) is 3. The minimum absolute atomic E-state index is 0.0766. The molecule has 1 aliphatic rings. The summed E-state index contributed by atoms with van der Waals surface area (Å²) in [7, 11) is 0. The van der Waals surface area contributed by atoms with Gasteiger partial charge in [-0.25, -0.2) is 4.98 Å². The SMILES string of the molecule is CC(C)N1CCC(CNC(=O)c2ccnc(Cl)c2)C1. The van der Waals surface area contributed by atoms with E-state index in [0.717, 1.165) is 26.1 Å². The first-order valence-corrected chi connectivity index (χ1v) is 7.08. The number of carbonyl (C=O) groups is 1. The van der Waals surface area contributed by atoms with Crippen molar-refractivity contribution in [2.75, 3.05) is 19.6 Å². The maximum atomic E-state index is 12.0. The third-order valence-electron chi connectivity index (χ3n) is 3.59. The fourth-order valence-corrected chi connectivity index (χ4v) is 2.55. The molecular weight excluding hydrogens is 262 g/mol. The van der Waals surface area contributed by atoms with Gasteiger partial charge in [0.25, 0.3) is 5.91 Å². The highest BCUT2D eigenvalue weighted by Gasteiger charge is 2.24. The number of pyridine rings is 1. The summed E-state index contributed by atoms with van der Waals surface area (Å²) in [4.78, 5) is 18.3. The highest BCUT2D eigenvalue weighted by molar-refractivity contribution is 6.29. The Kier molecular flexibility index (Phi) is 4.77. The summed E-state index contributed by atoms with van der Waals surface area (Å²) in [6, 6.07) is 3.85. The van der Waals surface area contributed by atoms with E-state index in [0.29, 0.717) is 22.7 Å². The van der Waals surface area contributed by atoms with E-state index in [-0.39, 0.29) is 5.91 Å². The fourth-order valence-electron chi connectivity index (χ4n) is 2.38. The highest BCUT2D eigenvalue weighted by atomic mass is 35.5. The van der Waals surface area contributed by atoms with E-state index >= 15 is 0 Å². The number of halogens is 1. The minimum Gasteiger partial charge on any atom is -0.352 e. The molecule has 1 aliphatic heterocycles. The van der Waals surface area contributed by atoms with Gasteiger partial charge in [0, 0.05) is 30.9 Å². The van der Waals surface area contributed by atoms with Crippen LogP contribution in [0.5, 0.6) is 0 Å². The Morgan fingerprint density at radius 1 is 1.63 bits per heavy atom. The second kappa shape index (κ2) is 6.35. The van der Waals surface area contributed by atoms with Gasteiger partial charge >= 0.3 is 0 Å². The number of carbonyl (C=O) groups excluding carboxylic acids is 1. The number of nitrogens with zero attached hydrogens (tertiary/aromatic N) is 2. The number of amides is 1. The summed E-state index contributed by atoms with van der Waals surface area (Å²) in [6.07, 6.45) is 2.70. The van der Waals surface area contributed by atoms with Crippen LogP contribution in [0.3, 0.4) is 0 Å². The largest absolute Gasteiger partial charge is 0.352 e. The van der Waals surface area contributed by atoms with Crippen molar-refractivity contribution in [3.8, 4) is 0 Å². The highest BCUT2D eigenvalue weighted by Crippen LogP contribution is 2.17. The topological polar surface area (TPSA) is 45.2 Å². The van der Waals surface area contributed by atoms with Crippen molar-refractivity contribution >= 4 is 17.5 Å². The molecule has 0 saturated carbocycles. The Morgan fingerprint density at radius 2 is 2.42 bits per heavy atom. The van der Waals surface area contributed by atoms with Crippen molar-refractivity contribution < 1.29 is 4.79 Å². The van der Waals surface area contributed by atoms with Gasteiger partial charge in [-0.2, -0.15) is 0 Å². The normalized spacial score (nSPS) is 19.9. The van der Waals surface area contributed by atoms with Crippen LogP contribution < -0.4 is 5.32 Å². The van der Waals surface area contributed by atoms with Gasteiger partial charge in [0.1, 0.15) is 5.15 Å². The van der Waals surface area contributed by atoms with Crippen LogP contribution in [0, 0.1) is 5.92 Å². The van der Waals surface area contributed by atoms with Gasteiger partial charge in [0.05, 0.1) is 0 Å². The molecule has 0 bridgehead atoms. The molecular formula is C14H20ClN3O. The molecule has 1 atom stereocenters. The first-order chi connectivity index (χ1) is 9.06. The van der Waals surface area contributed by atoms with E-state index in [2.05, 4.69) is 29.0 Å². The number of likely N-dealkylation sites (tertiary alicyclic amines) is 1. The summed E-state index contributed by atoms with van der Waals surface area (Å²) in [6.45, 7) is 7.33. The zero-order valence-corrected chi connectivity index (χ0v) is 12.2. The smallest absolute Gasteiger partial charge is 0.251 e. The lowest BCUT2D eigenvalue weighted by Crippen LogP contribution is -2.33. The molecule has 1 aromatic heterocycles. The van der Waals surface area contributed by atoms with Crippen LogP contribution in [0.1, 0.15) is 30.6 Å². The maximum Gasteiger partial charge on any atom is 0.251 e. The molecule has 1 N–H and O–H groups in total. The molecule has 0 radical (unpaired) electrons. The number of rotatable bonds is 4. The first kappa shape index (κ1) is 14.3. The van der Waals surface area contributed by atoms with Gasteiger partial charge in [0.15, 0.2) is 0 Å². The predicted molar refractivity (Wildman–Crippen MR) is 76.4 cm³/mol. The molecule has 5 heteroatoms. The van der Waals surface area contributed by atoms with Crippen molar-refractivity contribution in [3.05, 3.63) is 29.0 Å². The van der Waals surface area contributed by atoms with E-state index in [1.54, 1.807) is 18.3 Å². The van der Waals surface area contributed by atoms with Gasteiger partial charge < -0.3 is 10.2 Å². The van der Waals surface area contributed by atoms with Crippen molar-refractivity contribution in [1.82, 2.24) is 15.2 Å². The van der Waals surface area contributed by atoms with Crippen molar-refractivity contribution in [3.63, 3.8) is 0 Å². The predicted octanol–water partition coefficient (Wildman–Crippen LogP) is 2.20. The summed E-state index contributed by atoms with van der Waals surface area (Å²) >= 11 is 5.77. The average Bonchev–Trinajstić information content (AvgIpc) is 2.85. The number of hydrogen-bond donors (Lipinski definition) is 1. The van der Waals surface area contributed by atoms with Crippen molar-refractivity contribution in [2.24, 2.45) is 5.92 Å². The minimum atomic E-state index is -0.0766. The van der Waals surface area contributed by atoms with Crippen LogP contribution >= 0.6 is 11.6 Å². The van der Waals surface area contributed by atoms with E-state index in [1.807, 2.05) is 0 Å². The fraction of sp³-hybridized carbons (Fsp3) is 0.571. The van der Waals surface area contributed by atoms with E-state index in [1.165, 1.54) is 0 Å². The first-order valence-electron chi connectivity index (χ1n) is 6.70. The van der Waals surface area contributed by atoms with Gasteiger partial charge in [-0.3, -0.25) is 4.79 Å². The monoisotopic (exact) mass is 281 g/mol. The lowest BCUT2D eigenvalue weighted by Gasteiger charge is -2.20. The molecule has 2 heterocycles. The van der Waals surface area contributed by atoms with Gasteiger partial charge in [-0.05, 0) is 44.9 Å². The quantitative estimate of drug-likeness (QED) is 0.861. The molecule has 4 nitrogen and oxygen atoms in total. The molecule has 1 unspecified atom stereocenters. The summed E-state index contributed by atoms with van der Waals surface area (Å²) < 4.78 is 0. The number of aromatic nitrogens is 1.